The molecule has 242 valence electrons. The van der Waals surface area contributed by atoms with Crippen LogP contribution < -0.4 is 5.73 Å². The van der Waals surface area contributed by atoms with Crippen LogP contribution in [0.25, 0.3) is 0 Å². The highest BCUT2D eigenvalue weighted by Crippen LogP contribution is 2.37. The molecule has 1 aromatic rings. The van der Waals surface area contributed by atoms with Gasteiger partial charge in [0, 0.05) is 18.5 Å². The number of cyclic esters (lactones) is 1. The van der Waals surface area contributed by atoms with E-state index in [1.165, 1.54) is 6.20 Å². The number of rotatable bonds is 3. The van der Waals surface area contributed by atoms with E-state index in [-0.39, 0.29) is 29.7 Å². The second kappa shape index (κ2) is 18.3. The van der Waals surface area contributed by atoms with Crippen LogP contribution >= 0.6 is 0 Å². The average molecular weight is 612 g/mol. The number of hydrogen-bond donors (Lipinski definition) is 4. The minimum atomic E-state index is -0.882. The zero-order valence-electron chi connectivity index (χ0n) is 26.3. The van der Waals surface area contributed by atoms with Gasteiger partial charge in [0.25, 0.3) is 5.91 Å². The van der Waals surface area contributed by atoms with Crippen LogP contribution in [0.4, 0.5) is 0 Å². The summed E-state index contributed by atoms with van der Waals surface area (Å²) in [5.74, 6) is -2.26. The summed E-state index contributed by atoms with van der Waals surface area (Å²) in [5.41, 5.74) is 5.50. The molecule has 0 bridgehead atoms. The van der Waals surface area contributed by atoms with Crippen LogP contribution in [-0.2, 0) is 14.3 Å². The predicted octanol–water partition coefficient (Wildman–Crippen LogP) is 4.82. The van der Waals surface area contributed by atoms with E-state index in [0.717, 1.165) is 25.7 Å². The first kappa shape index (κ1) is 36.6. The summed E-state index contributed by atoms with van der Waals surface area (Å²) in [4.78, 5) is 38.6. The van der Waals surface area contributed by atoms with Gasteiger partial charge in [0.1, 0.15) is 11.8 Å². The Morgan fingerprint density at radius 1 is 1.05 bits per heavy atom. The number of aliphatic hydroxyl groups is 2. The molecular formula is C34H49N3O7. The molecule has 5 N–H and O–H groups in total. The third-order valence-electron chi connectivity index (χ3n) is 8.72. The Bertz CT molecular complexity index is 1180. The number of primary amides is 1. The van der Waals surface area contributed by atoms with Crippen LogP contribution in [0.3, 0.4) is 0 Å². The number of ether oxygens (including phenoxy) is 1. The van der Waals surface area contributed by atoms with Gasteiger partial charge in [-0.05, 0) is 74.0 Å². The van der Waals surface area contributed by atoms with Gasteiger partial charge in [-0.1, -0.05) is 52.3 Å². The van der Waals surface area contributed by atoms with Gasteiger partial charge in [0.15, 0.2) is 0 Å². The van der Waals surface area contributed by atoms with Crippen molar-refractivity contribution < 1.29 is 34.4 Å². The van der Waals surface area contributed by atoms with Crippen LogP contribution in [0.1, 0.15) is 89.5 Å². The molecule has 0 radical (unpaired) electrons. The maximum absolute atomic E-state index is 12.7. The van der Waals surface area contributed by atoms with Crippen LogP contribution in [0.5, 0.6) is 0 Å². The van der Waals surface area contributed by atoms with Crippen molar-refractivity contribution >= 4 is 17.8 Å². The van der Waals surface area contributed by atoms with Crippen LogP contribution in [0.15, 0.2) is 48.2 Å². The number of nitrogens with zero attached hydrogens (tertiary/aromatic N) is 2. The van der Waals surface area contributed by atoms with Crippen molar-refractivity contribution in [3.8, 4) is 6.07 Å². The van der Waals surface area contributed by atoms with Gasteiger partial charge in [-0.3, -0.25) is 19.4 Å². The topological polar surface area (TPSA) is 184 Å². The summed E-state index contributed by atoms with van der Waals surface area (Å²) < 4.78 is 5.77. The molecule has 1 aliphatic heterocycles. The first-order valence-electron chi connectivity index (χ1n) is 15.6. The Balaban J connectivity index is 0.000000639. The lowest BCUT2D eigenvalue weighted by molar-refractivity contribution is -0.159. The maximum atomic E-state index is 12.7. The number of aliphatic carboxylic acids is 1. The number of nitrogens with two attached hydrogens (primary N) is 1. The maximum Gasteiger partial charge on any atom is 0.308 e. The summed E-state index contributed by atoms with van der Waals surface area (Å²) in [5, 5.41) is 40.6. The number of aromatic nitrogens is 1. The lowest BCUT2D eigenvalue weighted by Gasteiger charge is -2.28. The molecule has 1 aromatic heterocycles. The minimum absolute atomic E-state index is 0.0816. The predicted molar refractivity (Wildman–Crippen MR) is 166 cm³/mol. The molecule has 1 aliphatic carbocycles. The number of nitriles is 1. The van der Waals surface area contributed by atoms with Gasteiger partial charge >= 0.3 is 11.9 Å². The molecule has 3 rings (SSSR count). The van der Waals surface area contributed by atoms with Crippen molar-refractivity contribution in [2.75, 3.05) is 0 Å². The molecule has 9 atom stereocenters. The SMILES string of the molecule is CC1CC(C)CC(C)C(O)/C(C#N)=C\C=C\CC(C2CCCC2C(=O)O)OC(=O)CC(O)C(C)C1.NC(=O)c1ccccn1. The lowest BCUT2D eigenvalue weighted by atomic mass is 9.82. The Morgan fingerprint density at radius 2 is 1.73 bits per heavy atom. The number of hydrogen-bond acceptors (Lipinski definition) is 8. The summed E-state index contributed by atoms with van der Waals surface area (Å²) in [7, 11) is 0. The Hall–Kier alpha value is -3.55. The smallest absolute Gasteiger partial charge is 0.308 e. The van der Waals surface area contributed by atoms with E-state index in [2.05, 4.69) is 24.9 Å². The fourth-order valence-electron chi connectivity index (χ4n) is 6.48. The van der Waals surface area contributed by atoms with Crippen molar-refractivity contribution in [1.29, 1.82) is 5.26 Å². The number of carboxylic acid groups (broad SMARTS) is 1. The van der Waals surface area contributed by atoms with Crippen LogP contribution in [-0.4, -0.2) is 56.5 Å². The molecule has 1 fully saturated rings. The number of allylic oxidation sites excluding steroid dienone is 2. The fourth-order valence-corrected chi connectivity index (χ4v) is 6.48. The number of carbonyl (C=O) groups excluding carboxylic acids is 2. The molecule has 44 heavy (non-hydrogen) atoms. The van der Waals surface area contributed by atoms with Gasteiger partial charge in [-0.2, -0.15) is 5.26 Å². The average Bonchev–Trinajstić information content (AvgIpc) is 3.47. The first-order valence-corrected chi connectivity index (χ1v) is 15.6. The molecule has 2 aliphatic rings. The van der Waals surface area contributed by atoms with Crippen molar-refractivity contribution in [3.05, 3.63) is 53.9 Å². The molecule has 0 aromatic carbocycles. The summed E-state index contributed by atoms with van der Waals surface area (Å²) >= 11 is 0. The lowest BCUT2D eigenvalue weighted by Crippen LogP contribution is -2.34. The largest absolute Gasteiger partial charge is 0.481 e. The third kappa shape index (κ3) is 11.9. The van der Waals surface area contributed by atoms with Crippen molar-refractivity contribution in [1.82, 2.24) is 4.98 Å². The molecule has 1 saturated carbocycles. The summed E-state index contributed by atoms with van der Waals surface area (Å²) in [6.07, 6.45) is 8.85. The fraction of sp³-hybridized carbons (Fsp3) is 0.618. The zero-order valence-corrected chi connectivity index (χ0v) is 26.3. The number of carboxylic acids is 1. The standard InChI is InChI=1S/C28H43NO6.C6H6N2O/c1-17-12-18(2)14-20(4)27(32)21(16-29)8-5-6-11-25(22-9-7-10-23(22)28(33)34)35-26(31)15-24(30)19(3)13-17;7-6(9)5-3-1-2-4-8-5/h5-6,8,17-20,22-25,27,30,32H,7,9-15H2,1-4H3,(H,33,34);1-4H,(H2,7,9)/b6-5+,21-8-;. The number of pyridine rings is 1. The molecule has 10 heteroatoms. The third-order valence-corrected chi connectivity index (χ3v) is 8.72. The monoisotopic (exact) mass is 611 g/mol. The van der Waals surface area contributed by atoms with Crippen molar-refractivity contribution in [2.45, 2.75) is 97.4 Å². The molecule has 0 saturated heterocycles. The van der Waals surface area contributed by atoms with E-state index < -0.39 is 42.1 Å². The molecule has 2 heterocycles. The summed E-state index contributed by atoms with van der Waals surface area (Å²) in [6.45, 7) is 8.16. The van der Waals surface area contributed by atoms with Crippen molar-refractivity contribution in [3.63, 3.8) is 0 Å². The molecule has 9 unspecified atom stereocenters. The van der Waals surface area contributed by atoms with Gasteiger partial charge in [0.2, 0.25) is 0 Å². The highest BCUT2D eigenvalue weighted by atomic mass is 16.5. The van der Waals surface area contributed by atoms with E-state index in [1.54, 1.807) is 36.4 Å². The normalized spacial score (nSPS) is 34.3. The Kier molecular flexibility index (Phi) is 15.2. The number of amides is 1. The number of aliphatic hydroxyl groups excluding tert-OH is 2. The highest BCUT2D eigenvalue weighted by Gasteiger charge is 2.39. The summed E-state index contributed by atoms with van der Waals surface area (Å²) in [6, 6.07) is 7.12. The Labute approximate surface area is 261 Å². The van der Waals surface area contributed by atoms with Gasteiger partial charge in [-0.25, -0.2) is 0 Å². The highest BCUT2D eigenvalue weighted by molar-refractivity contribution is 5.90. The second-order valence-electron chi connectivity index (χ2n) is 12.6. The zero-order chi connectivity index (χ0) is 32.8. The molecule has 0 spiro atoms. The molecule has 1 amide bonds. The quantitative estimate of drug-likeness (QED) is 0.348. The minimum Gasteiger partial charge on any atom is -0.481 e. The van der Waals surface area contributed by atoms with E-state index in [0.29, 0.717) is 36.8 Å². The van der Waals surface area contributed by atoms with Crippen LogP contribution in [0.2, 0.25) is 0 Å². The van der Waals surface area contributed by atoms with E-state index in [4.69, 9.17) is 10.5 Å². The van der Waals surface area contributed by atoms with Gasteiger partial charge < -0.3 is 25.8 Å². The molecular weight excluding hydrogens is 562 g/mol. The Morgan fingerprint density at radius 3 is 2.30 bits per heavy atom. The number of carbonyl (C=O) groups is 3. The van der Waals surface area contributed by atoms with Gasteiger partial charge in [-0.15, -0.1) is 0 Å². The number of esters is 1. The van der Waals surface area contributed by atoms with E-state index >= 15 is 0 Å². The first-order chi connectivity index (χ1) is 20.8. The van der Waals surface area contributed by atoms with Crippen LogP contribution in [0, 0.1) is 46.8 Å². The van der Waals surface area contributed by atoms with E-state index in [1.807, 2.05) is 13.8 Å². The van der Waals surface area contributed by atoms with Crippen molar-refractivity contribution in [2.24, 2.45) is 41.2 Å². The van der Waals surface area contributed by atoms with Gasteiger partial charge in [0.05, 0.1) is 36.2 Å². The second-order valence-corrected chi connectivity index (χ2v) is 12.6. The molecule has 10 nitrogen and oxygen atoms in total. The van der Waals surface area contributed by atoms with E-state index in [9.17, 15) is 35.0 Å².